The van der Waals surface area contributed by atoms with E-state index in [0.717, 1.165) is 5.56 Å². The molecule has 14 heavy (non-hydrogen) atoms. The van der Waals surface area contributed by atoms with Crippen LogP contribution in [0.4, 0.5) is 0 Å². The number of hydrogen-bond donors (Lipinski definition) is 1. The van der Waals surface area contributed by atoms with Crippen molar-refractivity contribution in [2.75, 3.05) is 14.2 Å². The van der Waals surface area contributed by atoms with E-state index < -0.39 is 0 Å². The number of carbonyl (C=O) groups excluding carboxylic acids is 1. The van der Waals surface area contributed by atoms with Gasteiger partial charge in [-0.15, -0.1) is 0 Å². The molecular weight excluding hydrogens is 178 g/mol. The molecule has 0 saturated carbocycles. The van der Waals surface area contributed by atoms with Gasteiger partial charge in [-0.2, -0.15) is 0 Å². The maximum Gasteiger partial charge on any atom is 0.286 e. The standard InChI is InChI=1S/C11H13NO2/c1-12-11(13)10(14-2)8-9-6-4-3-5-7-9/h3-8H,1-2H3,(H,12,13)/b10-8-. The number of methoxy groups -OCH3 is 1. The summed E-state index contributed by atoms with van der Waals surface area (Å²) in [5.41, 5.74) is 0.938. The van der Waals surface area contributed by atoms with Gasteiger partial charge >= 0.3 is 0 Å². The van der Waals surface area contributed by atoms with Gasteiger partial charge in [0.1, 0.15) is 0 Å². The zero-order valence-electron chi connectivity index (χ0n) is 8.28. The Labute approximate surface area is 83.4 Å². The van der Waals surface area contributed by atoms with Gasteiger partial charge in [-0.1, -0.05) is 30.3 Å². The van der Waals surface area contributed by atoms with Gasteiger partial charge in [0, 0.05) is 7.05 Å². The van der Waals surface area contributed by atoms with Crippen molar-refractivity contribution in [3.05, 3.63) is 41.7 Å². The molecule has 1 aromatic rings. The van der Waals surface area contributed by atoms with E-state index in [-0.39, 0.29) is 5.91 Å². The van der Waals surface area contributed by atoms with Crippen molar-refractivity contribution < 1.29 is 9.53 Å². The fourth-order valence-electron chi connectivity index (χ4n) is 1.04. The molecule has 0 spiro atoms. The second kappa shape index (κ2) is 5.07. The molecule has 0 radical (unpaired) electrons. The van der Waals surface area contributed by atoms with E-state index in [2.05, 4.69) is 5.32 Å². The molecule has 1 N–H and O–H groups in total. The number of nitrogens with one attached hydrogen (secondary N) is 1. The maximum absolute atomic E-state index is 11.2. The van der Waals surface area contributed by atoms with Crippen molar-refractivity contribution in [1.29, 1.82) is 0 Å². The SMILES string of the molecule is CNC(=O)/C(=C/c1ccccc1)OC. The van der Waals surface area contributed by atoms with Crippen LogP contribution in [0, 0.1) is 0 Å². The third kappa shape index (κ3) is 2.62. The zero-order valence-corrected chi connectivity index (χ0v) is 8.28. The summed E-state index contributed by atoms with van der Waals surface area (Å²) in [7, 11) is 3.05. The van der Waals surface area contributed by atoms with Gasteiger partial charge in [-0.25, -0.2) is 0 Å². The lowest BCUT2D eigenvalue weighted by atomic mass is 10.2. The van der Waals surface area contributed by atoms with Crippen molar-refractivity contribution >= 4 is 12.0 Å². The second-order valence-electron chi connectivity index (χ2n) is 2.70. The van der Waals surface area contributed by atoms with Crippen molar-refractivity contribution in [2.24, 2.45) is 0 Å². The molecule has 0 fully saturated rings. The predicted octanol–water partition coefficient (Wildman–Crippen LogP) is 1.42. The lowest BCUT2D eigenvalue weighted by Gasteiger charge is -2.03. The highest BCUT2D eigenvalue weighted by molar-refractivity contribution is 5.95. The van der Waals surface area contributed by atoms with Gasteiger partial charge < -0.3 is 10.1 Å². The van der Waals surface area contributed by atoms with Crippen LogP contribution in [-0.4, -0.2) is 20.1 Å². The number of likely N-dealkylation sites (N-methyl/N-ethyl adjacent to an activating group) is 1. The van der Waals surface area contributed by atoms with Crippen LogP contribution >= 0.6 is 0 Å². The molecule has 0 unspecified atom stereocenters. The molecule has 0 aliphatic heterocycles. The molecule has 0 aliphatic carbocycles. The summed E-state index contributed by atoms with van der Waals surface area (Å²) in [6.45, 7) is 0. The number of rotatable bonds is 3. The Bertz CT molecular complexity index is 330. The van der Waals surface area contributed by atoms with Crippen LogP contribution in [0.3, 0.4) is 0 Å². The first-order valence-corrected chi connectivity index (χ1v) is 4.30. The highest BCUT2D eigenvalue weighted by Crippen LogP contribution is 2.06. The number of hydrogen-bond acceptors (Lipinski definition) is 2. The Morgan fingerprint density at radius 1 is 1.36 bits per heavy atom. The Hall–Kier alpha value is -1.77. The summed E-state index contributed by atoms with van der Waals surface area (Å²) in [6, 6.07) is 9.54. The van der Waals surface area contributed by atoms with Crippen LogP contribution in [-0.2, 0) is 9.53 Å². The molecule has 3 nitrogen and oxygen atoms in total. The van der Waals surface area contributed by atoms with E-state index in [4.69, 9.17) is 4.74 Å². The van der Waals surface area contributed by atoms with Gasteiger partial charge in [0.2, 0.25) is 0 Å². The summed E-state index contributed by atoms with van der Waals surface area (Å²) >= 11 is 0. The zero-order chi connectivity index (χ0) is 10.4. The van der Waals surface area contributed by atoms with E-state index in [1.54, 1.807) is 13.1 Å². The number of ether oxygens (including phenoxy) is 1. The molecule has 3 heteroatoms. The molecule has 0 heterocycles. The molecule has 0 atom stereocenters. The van der Waals surface area contributed by atoms with Gasteiger partial charge in [-0.05, 0) is 11.6 Å². The van der Waals surface area contributed by atoms with E-state index in [1.165, 1.54) is 7.11 Å². The van der Waals surface area contributed by atoms with Gasteiger partial charge in [0.15, 0.2) is 5.76 Å². The molecule has 0 aliphatic rings. The van der Waals surface area contributed by atoms with E-state index >= 15 is 0 Å². The van der Waals surface area contributed by atoms with Crippen LogP contribution in [0.5, 0.6) is 0 Å². The van der Waals surface area contributed by atoms with E-state index in [1.807, 2.05) is 30.3 Å². The number of benzene rings is 1. The topological polar surface area (TPSA) is 38.3 Å². The van der Waals surface area contributed by atoms with Gasteiger partial charge in [0.05, 0.1) is 7.11 Å². The molecular formula is C11H13NO2. The first-order chi connectivity index (χ1) is 6.77. The first-order valence-electron chi connectivity index (χ1n) is 4.30. The van der Waals surface area contributed by atoms with Crippen molar-refractivity contribution in [2.45, 2.75) is 0 Å². The molecule has 1 rings (SSSR count). The summed E-state index contributed by atoms with van der Waals surface area (Å²) < 4.78 is 4.96. The van der Waals surface area contributed by atoms with E-state index in [0.29, 0.717) is 5.76 Å². The van der Waals surface area contributed by atoms with Crippen molar-refractivity contribution in [3.8, 4) is 0 Å². The average Bonchev–Trinajstić information content (AvgIpc) is 2.26. The quantitative estimate of drug-likeness (QED) is 0.579. The van der Waals surface area contributed by atoms with Crippen LogP contribution in [0.2, 0.25) is 0 Å². The molecule has 1 aromatic carbocycles. The highest BCUT2D eigenvalue weighted by atomic mass is 16.5. The third-order valence-corrected chi connectivity index (χ3v) is 1.77. The molecule has 0 aromatic heterocycles. The minimum absolute atomic E-state index is 0.226. The lowest BCUT2D eigenvalue weighted by Crippen LogP contribution is -2.20. The summed E-state index contributed by atoms with van der Waals surface area (Å²) in [5.74, 6) is 0.0788. The third-order valence-electron chi connectivity index (χ3n) is 1.77. The smallest absolute Gasteiger partial charge is 0.286 e. The summed E-state index contributed by atoms with van der Waals surface area (Å²) in [6.07, 6.45) is 1.69. The number of carbonyl (C=O) groups is 1. The van der Waals surface area contributed by atoms with Crippen LogP contribution in [0.1, 0.15) is 5.56 Å². The highest BCUT2D eigenvalue weighted by Gasteiger charge is 2.05. The van der Waals surface area contributed by atoms with Crippen LogP contribution in [0.15, 0.2) is 36.1 Å². The molecule has 0 bridgehead atoms. The normalized spacial score (nSPS) is 10.9. The van der Waals surface area contributed by atoms with Crippen molar-refractivity contribution in [1.82, 2.24) is 5.32 Å². The lowest BCUT2D eigenvalue weighted by molar-refractivity contribution is -0.119. The Balaban J connectivity index is 2.89. The molecule has 1 amide bonds. The number of amides is 1. The van der Waals surface area contributed by atoms with Gasteiger partial charge in [0.25, 0.3) is 5.91 Å². The fraction of sp³-hybridized carbons (Fsp3) is 0.182. The molecule has 74 valence electrons. The first kappa shape index (κ1) is 10.3. The summed E-state index contributed by atoms with van der Waals surface area (Å²) in [4.78, 5) is 11.2. The largest absolute Gasteiger partial charge is 0.491 e. The second-order valence-corrected chi connectivity index (χ2v) is 2.70. The Morgan fingerprint density at radius 2 is 2.00 bits per heavy atom. The Kier molecular flexibility index (Phi) is 3.73. The maximum atomic E-state index is 11.2. The van der Waals surface area contributed by atoms with Crippen LogP contribution < -0.4 is 5.32 Å². The van der Waals surface area contributed by atoms with E-state index in [9.17, 15) is 4.79 Å². The Morgan fingerprint density at radius 3 is 2.50 bits per heavy atom. The van der Waals surface area contributed by atoms with Crippen LogP contribution in [0.25, 0.3) is 6.08 Å². The minimum Gasteiger partial charge on any atom is -0.491 e. The van der Waals surface area contributed by atoms with Gasteiger partial charge in [-0.3, -0.25) is 4.79 Å². The monoisotopic (exact) mass is 191 g/mol. The van der Waals surface area contributed by atoms with Crippen molar-refractivity contribution in [3.63, 3.8) is 0 Å². The summed E-state index contributed by atoms with van der Waals surface area (Å²) in [5, 5.41) is 2.50. The minimum atomic E-state index is -0.226. The fourth-order valence-corrected chi connectivity index (χ4v) is 1.04. The average molecular weight is 191 g/mol. The molecule has 0 saturated heterocycles. The predicted molar refractivity (Wildman–Crippen MR) is 55.5 cm³/mol.